The van der Waals surface area contributed by atoms with E-state index in [2.05, 4.69) is 25.8 Å². The number of anilines is 1. The van der Waals surface area contributed by atoms with Gasteiger partial charge in [0.2, 0.25) is 10.0 Å². The fourth-order valence-corrected chi connectivity index (χ4v) is 1.87. The first-order chi connectivity index (χ1) is 5.94. The molecule has 74 valence electrons. The van der Waals surface area contributed by atoms with Crippen molar-refractivity contribution in [1.82, 2.24) is 9.78 Å². The molecule has 0 aliphatic heterocycles. The summed E-state index contributed by atoms with van der Waals surface area (Å²) in [7, 11) is -1.55. The maximum absolute atomic E-state index is 11.2. The van der Waals surface area contributed by atoms with Crippen molar-refractivity contribution in [3.05, 3.63) is 10.7 Å². The van der Waals surface area contributed by atoms with E-state index in [1.165, 1.54) is 4.68 Å². The third-order valence-electron chi connectivity index (χ3n) is 1.49. The Morgan fingerprint density at radius 2 is 2.31 bits per heavy atom. The van der Waals surface area contributed by atoms with Gasteiger partial charge in [-0.3, -0.25) is 9.40 Å². The average Bonchev–Trinajstić information content (AvgIpc) is 2.30. The molecule has 0 spiro atoms. The van der Waals surface area contributed by atoms with Crippen LogP contribution in [0.3, 0.4) is 0 Å². The molecule has 0 atom stereocenters. The van der Waals surface area contributed by atoms with Gasteiger partial charge < -0.3 is 0 Å². The summed E-state index contributed by atoms with van der Waals surface area (Å²) in [5.74, 6) is 0.504. The fraction of sp³-hybridized carbons (Fsp3) is 0.500. The van der Waals surface area contributed by atoms with Crippen molar-refractivity contribution in [3.63, 3.8) is 0 Å². The summed E-state index contributed by atoms with van der Waals surface area (Å²) in [5.41, 5.74) is 0. The smallest absolute Gasteiger partial charge is 0.233 e. The van der Waals surface area contributed by atoms with Crippen LogP contribution in [0, 0.1) is 0 Å². The normalized spacial score (nSPS) is 11.6. The van der Waals surface area contributed by atoms with E-state index in [0.717, 1.165) is 0 Å². The van der Waals surface area contributed by atoms with Gasteiger partial charge in [0.15, 0.2) is 0 Å². The van der Waals surface area contributed by atoms with Gasteiger partial charge in [0.1, 0.15) is 10.4 Å². The molecule has 0 fully saturated rings. The highest BCUT2D eigenvalue weighted by Crippen LogP contribution is 2.15. The molecule has 0 bridgehead atoms. The van der Waals surface area contributed by atoms with Crippen LogP contribution in [-0.4, -0.2) is 24.0 Å². The lowest BCUT2D eigenvalue weighted by atomic mass is 10.7. The first kappa shape index (κ1) is 10.5. The Morgan fingerprint density at radius 1 is 1.69 bits per heavy atom. The Balaban J connectivity index is 2.92. The molecule has 1 rings (SSSR count). The standard InChI is InChI=1S/C6H10BrN3O2S/c1-3-13(11,12)9-6-4-5(7)8-10(6)2/h4,9H,3H2,1-2H3. The number of nitrogens with zero attached hydrogens (tertiary/aromatic N) is 2. The minimum Gasteiger partial charge on any atom is -0.268 e. The molecule has 7 heteroatoms. The van der Waals surface area contributed by atoms with Crippen LogP contribution in [0.4, 0.5) is 5.82 Å². The molecule has 1 aromatic rings. The quantitative estimate of drug-likeness (QED) is 0.887. The lowest BCUT2D eigenvalue weighted by molar-refractivity contribution is 0.601. The van der Waals surface area contributed by atoms with Gasteiger partial charge in [-0.15, -0.1) is 0 Å². The van der Waals surface area contributed by atoms with Gasteiger partial charge in [-0.2, -0.15) is 5.10 Å². The molecule has 0 saturated carbocycles. The van der Waals surface area contributed by atoms with Crippen LogP contribution in [0.2, 0.25) is 0 Å². The van der Waals surface area contributed by atoms with Crippen LogP contribution >= 0.6 is 15.9 Å². The second kappa shape index (κ2) is 3.67. The zero-order valence-corrected chi connectivity index (χ0v) is 9.68. The summed E-state index contributed by atoms with van der Waals surface area (Å²) in [4.78, 5) is 0. The second-order valence-corrected chi connectivity index (χ2v) is 5.30. The Bertz CT molecular complexity index is 398. The fourth-order valence-electron chi connectivity index (χ4n) is 0.759. The van der Waals surface area contributed by atoms with Crippen molar-refractivity contribution in [2.24, 2.45) is 7.05 Å². The number of halogens is 1. The highest BCUT2D eigenvalue weighted by molar-refractivity contribution is 9.10. The summed E-state index contributed by atoms with van der Waals surface area (Å²) in [6.45, 7) is 1.58. The van der Waals surface area contributed by atoms with Gasteiger partial charge >= 0.3 is 0 Å². The Labute approximate surface area is 85.3 Å². The van der Waals surface area contributed by atoms with E-state index in [-0.39, 0.29) is 5.75 Å². The number of aryl methyl sites for hydroxylation is 1. The average molecular weight is 268 g/mol. The zero-order valence-electron chi connectivity index (χ0n) is 7.28. The summed E-state index contributed by atoms with van der Waals surface area (Å²) in [6.07, 6.45) is 0. The predicted molar refractivity (Wildman–Crippen MR) is 54.0 cm³/mol. The summed E-state index contributed by atoms with van der Waals surface area (Å²) in [6, 6.07) is 1.60. The first-order valence-corrected chi connectivity index (χ1v) is 6.09. The summed E-state index contributed by atoms with van der Waals surface area (Å²) >= 11 is 3.15. The molecule has 1 N–H and O–H groups in total. The van der Waals surface area contributed by atoms with Crippen LogP contribution < -0.4 is 4.72 Å². The van der Waals surface area contributed by atoms with E-state index in [1.807, 2.05) is 0 Å². The molecular weight excluding hydrogens is 258 g/mol. The van der Waals surface area contributed by atoms with Crippen LogP contribution in [0.15, 0.2) is 10.7 Å². The highest BCUT2D eigenvalue weighted by Gasteiger charge is 2.10. The van der Waals surface area contributed by atoms with Crippen molar-refractivity contribution in [2.45, 2.75) is 6.92 Å². The topological polar surface area (TPSA) is 64.0 Å². The number of sulfonamides is 1. The van der Waals surface area contributed by atoms with Crippen LogP contribution in [0.25, 0.3) is 0 Å². The maximum Gasteiger partial charge on any atom is 0.233 e. The van der Waals surface area contributed by atoms with E-state index in [1.54, 1.807) is 20.0 Å². The molecule has 0 aliphatic rings. The van der Waals surface area contributed by atoms with Crippen LogP contribution in [0.5, 0.6) is 0 Å². The molecule has 0 aromatic carbocycles. The molecule has 5 nitrogen and oxygen atoms in total. The SMILES string of the molecule is CCS(=O)(=O)Nc1cc(Br)nn1C. The van der Waals surface area contributed by atoms with Gasteiger partial charge in [0.25, 0.3) is 0 Å². The third kappa shape index (κ3) is 2.70. The third-order valence-corrected chi connectivity index (χ3v) is 3.16. The molecule has 0 aliphatic carbocycles. The summed E-state index contributed by atoms with van der Waals surface area (Å²) in [5, 5.41) is 3.94. The van der Waals surface area contributed by atoms with E-state index in [4.69, 9.17) is 0 Å². The van der Waals surface area contributed by atoms with Crippen molar-refractivity contribution in [3.8, 4) is 0 Å². The number of aromatic nitrogens is 2. The molecule has 1 heterocycles. The molecule has 13 heavy (non-hydrogen) atoms. The molecular formula is C6H10BrN3O2S. The van der Waals surface area contributed by atoms with Crippen LogP contribution in [-0.2, 0) is 17.1 Å². The Kier molecular flexibility index (Phi) is 2.97. The number of nitrogens with one attached hydrogen (secondary N) is 1. The van der Waals surface area contributed by atoms with Crippen LogP contribution in [0.1, 0.15) is 6.92 Å². The van der Waals surface area contributed by atoms with Crippen molar-refractivity contribution in [1.29, 1.82) is 0 Å². The van der Waals surface area contributed by atoms with E-state index in [9.17, 15) is 8.42 Å². The molecule has 0 unspecified atom stereocenters. The second-order valence-electron chi connectivity index (χ2n) is 2.48. The maximum atomic E-state index is 11.2. The molecule has 0 saturated heterocycles. The van der Waals surface area contributed by atoms with Gasteiger partial charge in [-0.25, -0.2) is 8.42 Å². The number of hydrogen-bond acceptors (Lipinski definition) is 3. The van der Waals surface area contributed by atoms with E-state index < -0.39 is 10.0 Å². The lowest BCUT2D eigenvalue weighted by Crippen LogP contribution is -2.16. The zero-order chi connectivity index (χ0) is 10.1. The van der Waals surface area contributed by atoms with Gasteiger partial charge in [0, 0.05) is 13.1 Å². The predicted octanol–water partition coefficient (Wildman–Crippen LogP) is 0.944. The van der Waals surface area contributed by atoms with Gasteiger partial charge in [0.05, 0.1) is 5.75 Å². The van der Waals surface area contributed by atoms with Crippen molar-refractivity contribution in [2.75, 3.05) is 10.5 Å². The molecule has 0 radical (unpaired) electrons. The largest absolute Gasteiger partial charge is 0.268 e. The molecule has 1 aromatic heterocycles. The van der Waals surface area contributed by atoms with Gasteiger partial charge in [-0.05, 0) is 22.9 Å². The highest BCUT2D eigenvalue weighted by atomic mass is 79.9. The Hall–Kier alpha value is -0.560. The Morgan fingerprint density at radius 3 is 2.69 bits per heavy atom. The van der Waals surface area contributed by atoms with E-state index in [0.29, 0.717) is 10.4 Å². The molecule has 0 amide bonds. The lowest BCUT2D eigenvalue weighted by Gasteiger charge is -2.04. The van der Waals surface area contributed by atoms with Crippen molar-refractivity contribution >= 4 is 31.8 Å². The summed E-state index contributed by atoms with van der Waals surface area (Å²) < 4.78 is 26.8. The number of rotatable bonds is 3. The van der Waals surface area contributed by atoms with Crippen molar-refractivity contribution < 1.29 is 8.42 Å². The number of hydrogen-bond donors (Lipinski definition) is 1. The van der Waals surface area contributed by atoms with E-state index >= 15 is 0 Å². The van der Waals surface area contributed by atoms with Gasteiger partial charge in [-0.1, -0.05) is 0 Å². The monoisotopic (exact) mass is 267 g/mol. The first-order valence-electron chi connectivity index (χ1n) is 3.64. The minimum absolute atomic E-state index is 0.0514. The minimum atomic E-state index is -3.21.